The summed E-state index contributed by atoms with van der Waals surface area (Å²) in [5.41, 5.74) is 0. The van der Waals surface area contributed by atoms with Crippen LogP contribution in [0, 0.1) is 0 Å². The summed E-state index contributed by atoms with van der Waals surface area (Å²) in [6.45, 7) is 3.46. The Morgan fingerprint density at radius 2 is 2.27 bits per heavy atom. The second-order valence-electron chi connectivity index (χ2n) is 3.01. The largest absolute Gasteiger partial charge is 0.383 e. The molecule has 0 bridgehead atoms. The molecule has 6 heteroatoms. The van der Waals surface area contributed by atoms with E-state index in [9.17, 15) is 0 Å². The van der Waals surface area contributed by atoms with E-state index in [1.165, 1.54) is 11.5 Å². The summed E-state index contributed by atoms with van der Waals surface area (Å²) in [5.74, 6) is 0.755. The first-order chi connectivity index (χ1) is 7.31. The average molecular weight is 231 g/mol. The summed E-state index contributed by atoms with van der Waals surface area (Å²) >= 11 is 1.35. The standard InChI is InChI=1S/C9H17N3O2S/c1-4-7(14-3)8-11-9(15-12-8)10-5-6-13-2/h7H,4-6H2,1-3H3,(H,10,11,12). The van der Waals surface area contributed by atoms with E-state index < -0.39 is 0 Å². The van der Waals surface area contributed by atoms with Gasteiger partial charge in [-0.3, -0.25) is 0 Å². The molecule has 0 amide bonds. The number of anilines is 1. The zero-order chi connectivity index (χ0) is 11.1. The minimum absolute atomic E-state index is 0.000717. The molecule has 1 heterocycles. The molecule has 5 nitrogen and oxygen atoms in total. The highest BCUT2D eigenvalue weighted by atomic mass is 32.1. The molecule has 1 aromatic rings. The van der Waals surface area contributed by atoms with Gasteiger partial charge < -0.3 is 14.8 Å². The topological polar surface area (TPSA) is 56.3 Å². The third kappa shape index (κ3) is 3.73. The fourth-order valence-corrected chi connectivity index (χ4v) is 1.79. The van der Waals surface area contributed by atoms with Crippen molar-refractivity contribution in [1.82, 2.24) is 9.36 Å². The summed E-state index contributed by atoms with van der Waals surface area (Å²) in [6.07, 6.45) is 0.879. The Hall–Kier alpha value is -0.720. The van der Waals surface area contributed by atoms with Crippen LogP contribution in [0.5, 0.6) is 0 Å². The molecule has 0 aliphatic heterocycles. The molecule has 0 spiro atoms. The van der Waals surface area contributed by atoms with Crippen LogP contribution >= 0.6 is 11.5 Å². The minimum Gasteiger partial charge on any atom is -0.383 e. The third-order valence-electron chi connectivity index (χ3n) is 1.97. The lowest BCUT2D eigenvalue weighted by Gasteiger charge is -2.07. The third-order valence-corrected chi connectivity index (χ3v) is 2.65. The van der Waals surface area contributed by atoms with Crippen molar-refractivity contribution in [3.8, 4) is 0 Å². The van der Waals surface area contributed by atoms with Gasteiger partial charge in [0.2, 0.25) is 5.13 Å². The van der Waals surface area contributed by atoms with Crippen LogP contribution < -0.4 is 5.32 Å². The number of hydrogen-bond acceptors (Lipinski definition) is 6. The van der Waals surface area contributed by atoms with E-state index in [4.69, 9.17) is 9.47 Å². The number of hydrogen-bond donors (Lipinski definition) is 1. The van der Waals surface area contributed by atoms with Gasteiger partial charge in [0.1, 0.15) is 6.10 Å². The maximum atomic E-state index is 5.25. The van der Waals surface area contributed by atoms with Crippen LogP contribution in [0.1, 0.15) is 25.3 Å². The molecular weight excluding hydrogens is 214 g/mol. The first-order valence-electron chi connectivity index (χ1n) is 4.91. The quantitative estimate of drug-likeness (QED) is 0.724. The van der Waals surface area contributed by atoms with Gasteiger partial charge in [-0.25, -0.2) is 4.98 Å². The lowest BCUT2D eigenvalue weighted by Crippen LogP contribution is -2.08. The van der Waals surface area contributed by atoms with Gasteiger partial charge in [-0.05, 0) is 6.42 Å². The smallest absolute Gasteiger partial charge is 0.202 e. The normalized spacial score (nSPS) is 12.7. The Balaban J connectivity index is 2.47. The Labute approximate surface area is 94.0 Å². The van der Waals surface area contributed by atoms with Crippen LogP contribution in [0.25, 0.3) is 0 Å². The highest BCUT2D eigenvalue weighted by molar-refractivity contribution is 7.09. The second-order valence-corrected chi connectivity index (χ2v) is 3.76. The van der Waals surface area contributed by atoms with E-state index in [1.54, 1.807) is 14.2 Å². The van der Waals surface area contributed by atoms with E-state index in [2.05, 4.69) is 14.7 Å². The molecular formula is C9H17N3O2S. The van der Waals surface area contributed by atoms with Gasteiger partial charge in [0.15, 0.2) is 5.82 Å². The molecule has 1 N–H and O–H groups in total. The summed E-state index contributed by atoms with van der Waals surface area (Å²) in [4.78, 5) is 4.34. The molecule has 0 aromatic carbocycles. The number of aromatic nitrogens is 2. The Kier molecular flexibility index (Phi) is 5.52. The van der Waals surface area contributed by atoms with Crippen LogP contribution in [-0.4, -0.2) is 36.7 Å². The van der Waals surface area contributed by atoms with E-state index in [0.29, 0.717) is 6.61 Å². The van der Waals surface area contributed by atoms with Crippen molar-refractivity contribution < 1.29 is 9.47 Å². The van der Waals surface area contributed by atoms with Crippen molar-refractivity contribution in [2.45, 2.75) is 19.4 Å². The summed E-state index contributed by atoms with van der Waals surface area (Å²) < 4.78 is 14.4. The van der Waals surface area contributed by atoms with Crippen molar-refractivity contribution >= 4 is 16.7 Å². The molecule has 0 saturated carbocycles. The number of nitrogens with one attached hydrogen (secondary N) is 1. The van der Waals surface area contributed by atoms with Crippen LogP contribution in [0.2, 0.25) is 0 Å². The van der Waals surface area contributed by atoms with Crippen LogP contribution in [-0.2, 0) is 9.47 Å². The molecule has 1 unspecified atom stereocenters. The zero-order valence-electron chi connectivity index (χ0n) is 9.32. The molecule has 86 valence electrons. The van der Waals surface area contributed by atoms with Gasteiger partial charge in [-0.2, -0.15) is 4.37 Å². The fraction of sp³-hybridized carbons (Fsp3) is 0.778. The van der Waals surface area contributed by atoms with Crippen molar-refractivity contribution in [2.75, 3.05) is 32.7 Å². The van der Waals surface area contributed by atoms with Gasteiger partial charge in [0.05, 0.1) is 6.61 Å². The number of methoxy groups -OCH3 is 2. The molecule has 0 radical (unpaired) electrons. The predicted molar refractivity (Wildman–Crippen MR) is 60.3 cm³/mol. The van der Waals surface area contributed by atoms with E-state index in [-0.39, 0.29) is 6.10 Å². The SMILES string of the molecule is CCC(OC)c1nsc(NCCOC)n1. The fourth-order valence-electron chi connectivity index (χ4n) is 1.15. The Morgan fingerprint density at radius 1 is 1.47 bits per heavy atom. The molecule has 15 heavy (non-hydrogen) atoms. The summed E-state index contributed by atoms with van der Waals surface area (Å²) in [7, 11) is 3.35. The lowest BCUT2D eigenvalue weighted by atomic mass is 10.3. The number of rotatable bonds is 7. The van der Waals surface area contributed by atoms with Crippen molar-refractivity contribution in [3.05, 3.63) is 5.82 Å². The van der Waals surface area contributed by atoms with Crippen LogP contribution in [0.15, 0.2) is 0 Å². The van der Waals surface area contributed by atoms with Gasteiger partial charge in [-0.1, -0.05) is 6.92 Å². The van der Waals surface area contributed by atoms with Crippen molar-refractivity contribution in [2.24, 2.45) is 0 Å². The number of nitrogens with zero attached hydrogens (tertiary/aromatic N) is 2. The maximum absolute atomic E-state index is 5.25. The van der Waals surface area contributed by atoms with Gasteiger partial charge in [0.25, 0.3) is 0 Å². The first kappa shape index (κ1) is 12.4. The van der Waals surface area contributed by atoms with Crippen molar-refractivity contribution in [3.63, 3.8) is 0 Å². The van der Waals surface area contributed by atoms with E-state index >= 15 is 0 Å². The van der Waals surface area contributed by atoms with Crippen molar-refractivity contribution in [1.29, 1.82) is 0 Å². The molecule has 0 fully saturated rings. The maximum Gasteiger partial charge on any atom is 0.202 e. The number of ether oxygens (including phenoxy) is 2. The van der Waals surface area contributed by atoms with Gasteiger partial charge >= 0.3 is 0 Å². The molecule has 0 aliphatic rings. The lowest BCUT2D eigenvalue weighted by molar-refractivity contribution is 0.0937. The first-order valence-corrected chi connectivity index (χ1v) is 5.68. The summed E-state index contributed by atoms with van der Waals surface area (Å²) in [5, 5.41) is 3.95. The van der Waals surface area contributed by atoms with Crippen LogP contribution in [0.3, 0.4) is 0 Å². The average Bonchev–Trinajstić information content (AvgIpc) is 2.69. The molecule has 1 atom stereocenters. The Morgan fingerprint density at radius 3 is 2.87 bits per heavy atom. The molecule has 1 aromatic heterocycles. The molecule has 0 aliphatic carbocycles. The van der Waals surface area contributed by atoms with Crippen LogP contribution in [0.4, 0.5) is 5.13 Å². The monoisotopic (exact) mass is 231 g/mol. The summed E-state index contributed by atoms with van der Waals surface area (Å²) in [6, 6.07) is 0. The predicted octanol–water partition coefficient (Wildman–Crippen LogP) is 1.69. The molecule has 0 saturated heterocycles. The van der Waals surface area contributed by atoms with E-state index in [1.807, 2.05) is 6.92 Å². The van der Waals surface area contributed by atoms with Gasteiger partial charge in [-0.15, -0.1) is 0 Å². The highest BCUT2D eigenvalue weighted by Crippen LogP contribution is 2.20. The van der Waals surface area contributed by atoms with E-state index in [0.717, 1.165) is 23.9 Å². The Bertz CT molecular complexity index is 276. The molecule has 1 rings (SSSR count). The minimum atomic E-state index is -0.000717. The van der Waals surface area contributed by atoms with Gasteiger partial charge in [0, 0.05) is 32.3 Å². The second kappa shape index (κ2) is 6.71. The zero-order valence-corrected chi connectivity index (χ0v) is 10.1. The highest BCUT2D eigenvalue weighted by Gasteiger charge is 2.13.